The van der Waals surface area contributed by atoms with E-state index >= 15 is 0 Å². The molecule has 2 unspecified atom stereocenters. The number of hydrogen-bond acceptors (Lipinski definition) is 2. The second-order valence-corrected chi connectivity index (χ2v) is 4.26. The molecule has 0 aliphatic rings. The second kappa shape index (κ2) is 6.83. The molecule has 17 heavy (non-hydrogen) atoms. The number of carboxylic acids is 1. The van der Waals surface area contributed by atoms with Gasteiger partial charge in [-0.3, -0.25) is 9.69 Å². The summed E-state index contributed by atoms with van der Waals surface area (Å²) in [5, 5.41) is 8.56. The molecule has 0 fully saturated rings. The van der Waals surface area contributed by atoms with Gasteiger partial charge in [-0.25, -0.2) is 0 Å². The van der Waals surface area contributed by atoms with Crippen molar-refractivity contribution in [1.82, 2.24) is 4.90 Å². The van der Waals surface area contributed by atoms with E-state index in [9.17, 15) is 18.0 Å². The van der Waals surface area contributed by atoms with Gasteiger partial charge in [0.2, 0.25) is 0 Å². The summed E-state index contributed by atoms with van der Waals surface area (Å²) in [6.07, 6.45) is -4.62. The van der Waals surface area contributed by atoms with E-state index in [0.29, 0.717) is 0 Å². The van der Waals surface area contributed by atoms with E-state index in [1.165, 1.54) is 4.90 Å². The molecular formula is C11H20F3NO2. The van der Waals surface area contributed by atoms with E-state index in [2.05, 4.69) is 0 Å². The number of hydrogen-bond donors (Lipinski definition) is 1. The normalized spacial score (nSPS) is 15.9. The van der Waals surface area contributed by atoms with Gasteiger partial charge in [-0.05, 0) is 12.5 Å². The van der Waals surface area contributed by atoms with Crippen LogP contribution in [0.3, 0.4) is 0 Å². The maximum Gasteiger partial charge on any atom is 0.404 e. The Bertz CT molecular complexity index is 243. The van der Waals surface area contributed by atoms with Crippen molar-refractivity contribution in [3.63, 3.8) is 0 Å². The highest BCUT2D eigenvalue weighted by Crippen LogP contribution is 2.28. The summed E-state index contributed by atoms with van der Waals surface area (Å²) in [6, 6.07) is -1.89. The van der Waals surface area contributed by atoms with Gasteiger partial charge >= 0.3 is 12.1 Å². The summed E-state index contributed by atoms with van der Waals surface area (Å²) in [4.78, 5) is 11.7. The molecule has 0 rings (SSSR count). The second-order valence-electron chi connectivity index (χ2n) is 4.26. The maximum atomic E-state index is 12.8. The summed E-state index contributed by atoms with van der Waals surface area (Å²) in [5.74, 6) is -1.30. The molecule has 0 aromatic heterocycles. The molecule has 0 saturated carbocycles. The Balaban J connectivity index is 4.79. The van der Waals surface area contributed by atoms with Crippen LogP contribution in [0.1, 0.15) is 33.6 Å². The zero-order chi connectivity index (χ0) is 13.6. The average molecular weight is 255 g/mol. The number of aliphatic carboxylic acids is 1. The first-order valence-corrected chi connectivity index (χ1v) is 5.74. The zero-order valence-electron chi connectivity index (χ0n) is 10.4. The van der Waals surface area contributed by atoms with Gasteiger partial charge in [-0.15, -0.1) is 0 Å². The third kappa shape index (κ3) is 5.91. The average Bonchev–Trinajstić information content (AvgIpc) is 2.20. The van der Waals surface area contributed by atoms with Crippen molar-refractivity contribution in [2.45, 2.75) is 45.8 Å². The SMILES string of the molecule is CCC(C)CN(CC)C(CC(=O)O)C(F)(F)F. The Morgan fingerprint density at radius 2 is 1.88 bits per heavy atom. The topological polar surface area (TPSA) is 40.5 Å². The van der Waals surface area contributed by atoms with E-state index in [4.69, 9.17) is 5.11 Å². The molecule has 3 nitrogen and oxygen atoms in total. The zero-order valence-corrected chi connectivity index (χ0v) is 10.4. The minimum atomic E-state index is -4.50. The lowest BCUT2D eigenvalue weighted by Crippen LogP contribution is -2.48. The van der Waals surface area contributed by atoms with Crippen molar-refractivity contribution < 1.29 is 23.1 Å². The number of nitrogens with zero attached hydrogens (tertiary/aromatic N) is 1. The van der Waals surface area contributed by atoms with Crippen molar-refractivity contribution in [3.8, 4) is 0 Å². The van der Waals surface area contributed by atoms with Crippen LogP contribution in [0.4, 0.5) is 13.2 Å². The monoisotopic (exact) mass is 255 g/mol. The Morgan fingerprint density at radius 3 is 2.18 bits per heavy atom. The predicted octanol–water partition coefficient (Wildman–Crippen LogP) is 2.76. The first kappa shape index (κ1) is 16.2. The fraction of sp³-hybridized carbons (Fsp3) is 0.909. The van der Waals surface area contributed by atoms with Crippen LogP contribution in [0.25, 0.3) is 0 Å². The summed E-state index contributed by atoms with van der Waals surface area (Å²) in [5.41, 5.74) is 0. The summed E-state index contributed by atoms with van der Waals surface area (Å²) in [7, 11) is 0. The molecule has 0 saturated heterocycles. The van der Waals surface area contributed by atoms with E-state index in [1.807, 2.05) is 13.8 Å². The van der Waals surface area contributed by atoms with Crippen molar-refractivity contribution in [3.05, 3.63) is 0 Å². The molecular weight excluding hydrogens is 235 g/mol. The third-order valence-corrected chi connectivity index (χ3v) is 2.84. The van der Waals surface area contributed by atoms with Gasteiger partial charge in [0.25, 0.3) is 0 Å². The Hall–Kier alpha value is -0.780. The lowest BCUT2D eigenvalue weighted by atomic mass is 10.1. The van der Waals surface area contributed by atoms with Gasteiger partial charge in [0.05, 0.1) is 6.42 Å². The van der Waals surface area contributed by atoms with Crippen LogP contribution in [-0.2, 0) is 4.79 Å². The first-order valence-electron chi connectivity index (χ1n) is 5.74. The van der Waals surface area contributed by atoms with Crippen molar-refractivity contribution >= 4 is 5.97 Å². The smallest absolute Gasteiger partial charge is 0.404 e. The number of alkyl halides is 3. The fourth-order valence-electron chi connectivity index (χ4n) is 1.62. The number of rotatable bonds is 7. The molecule has 0 spiro atoms. The predicted molar refractivity (Wildman–Crippen MR) is 58.8 cm³/mol. The molecule has 0 amide bonds. The van der Waals surface area contributed by atoms with Gasteiger partial charge < -0.3 is 5.11 Å². The van der Waals surface area contributed by atoms with Crippen molar-refractivity contribution in [2.24, 2.45) is 5.92 Å². The van der Waals surface area contributed by atoms with Crippen LogP contribution in [-0.4, -0.2) is 41.3 Å². The molecule has 0 radical (unpaired) electrons. The van der Waals surface area contributed by atoms with Crippen molar-refractivity contribution in [2.75, 3.05) is 13.1 Å². The Kier molecular flexibility index (Phi) is 6.52. The lowest BCUT2D eigenvalue weighted by molar-refractivity contribution is -0.191. The highest BCUT2D eigenvalue weighted by atomic mass is 19.4. The van der Waals surface area contributed by atoms with Crippen LogP contribution in [0.2, 0.25) is 0 Å². The number of carbonyl (C=O) groups is 1. The van der Waals surface area contributed by atoms with Crippen LogP contribution in [0.15, 0.2) is 0 Å². The standard InChI is InChI=1S/C11H20F3NO2/c1-4-8(3)7-15(5-2)9(6-10(16)17)11(12,13)14/h8-9H,4-7H2,1-3H3,(H,16,17). The summed E-state index contributed by atoms with van der Waals surface area (Å²) >= 11 is 0. The van der Waals surface area contributed by atoms with E-state index in [1.54, 1.807) is 6.92 Å². The van der Waals surface area contributed by atoms with Gasteiger partial charge in [0, 0.05) is 6.54 Å². The maximum absolute atomic E-state index is 12.8. The number of carboxylic acid groups (broad SMARTS) is 1. The van der Waals surface area contributed by atoms with Crippen molar-refractivity contribution in [1.29, 1.82) is 0 Å². The lowest BCUT2D eigenvalue weighted by Gasteiger charge is -2.33. The molecule has 0 aromatic rings. The molecule has 2 atom stereocenters. The summed E-state index contributed by atoms with van der Waals surface area (Å²) in [6.45, 7) is 5.84. The first-order chi connectivity index (χ1) is 7.72. The van der Waals surface area contributed by atoms with Gasteiger partial charge in [0.1, 0.15) is 6.04 Å². The van der Waals surface area contributed by atoms with Gasteiger partial charge in [0.15, 0.2) is 0 Å². The van der Waals surface area contributed by atoms with Crippen LogP contribution < -0.4 is 0 Å². The molecule has 102 valence electrons. The highest BCUT2D eigenvalue weighted by Gasteiger charge is 2.44. The molecule has 0 aliphatic carbocycles. The molecule has 0 bridgehead atoms. The highest BCUT2D eigenvalue weighted by molar-refractivity contribution is 5.67. The van der Waals surface area contributed by atoms with Crippen LogP contribution in [0, 0.1) is 5.92 Å². The quantitative estimate of drug-likeness (QED) is 0.760. The van der Waals surface area contributed by atoms with Crippen LogP contribution >= 0.6 is 0 Å². The Morgan fingerprint density at radius 1 is 1.35 bits per heavy atom. The van der Waals surface area contributed by atoms with E-state index in [-0.39, 0.29) is 19.0 Å². The largest absolute Gasteiger partial charge is 0.481 e. The van der Waals surface area contributed by atoms with Gasteiger partial charge in [-0.1, -0.05) is 27.2 Å². The minimum absolute atomic E-state index is 0.119. The molecule has 0 aromatic carbocycles. The van der Waals surface area contributed by atoms with E-state index in [0.717, 1.165) is 6.42 Å². The minimum Gasteiger partial charge on any atom is -0.481 e. The number of halogens is 3. The molecule has 0 aliphatic heterocycles. The summed E-state index contributed by atoms with van der Waals surface area (Å²) < 4.78 is 38.3. The molecule has 1 N–H and O–H groups in total. The van der Waals surface area contributed by atoms with Crippen LogP contribution in [0.5, 0.6) is 0 Å². The van der Waals surface area contributed by atoms with E-state index < -0.39 is 24.6 Å². The third-order valence-electron chi connectivity index (χ3n) is 2.84. The molecule has 6 heteroatoms. The van der Waals surface area contributed by atoms with Gasteiger partial charge in [-0.2, -0.15) is 13.2 Å². The molecule has 0 heterocycles. The Labute approximate surface area is 99.6 Å². The fourth-order valence-corrected chi connectivity index (χ4v) is 1.62.